The lowest BCUT2D eigenvalue weighted by Gasteiger charge is -2.22. The summed E-state index contributed by atoms with van der Waals surface area (Å²) < 4.78 is 0. The lowest BCUT2D eigenvalue weighted by Crippen LogP contribution is -2.26. The predicted octanol–water partition coefficient (Wildman–Crippen LogP) is 11.2. The molecule has 0 radical (unpaired) electrons. The Morgan fingerprint density at radius 1 is 0.872 bits per heavy atom. The molecule has 0 heterocycles. The molecule has 0 aliphatic carbocycles. The zero-order valence-electron chi connectivity index (χ0n) is 34.7. The largest absolute Gasteiger partial charge is 0.401 e. The van der Waals surface area contributed by atoms with Crippen LogP contribution in [0, 0.1) is 11.8 Å². The molecule has 278 valence electrons. The monoisotopic (exact) mass is 661 g/mol. The standard InChI is InChI=1S/C18H35N5.C11H19N.C6H14.C4H10.C2H6/c1-8-16(20)12-23(7)17(9-14(4)19)10-18(21-6)15(5)22-11-13(2)3;1-7-10(5)11(8-2)12(6)9(3)4;1-4-5-6(2)3;1-3-4-2;1-2/h9,12-14,22H,5,8,10-11,19-20H2,1-4,6-7H3;8H,2-3,7H2,1,4-6H3;6H,4-5H2,1-3H3;3-4H2,1-2H3;1-2H3/b16-12+,17-9-,21-18?;11-10+;;;. The Balaban J connectivity index is -0.000000202. The molecule has 0 saturated carbocycles. The molecule has 0 amide bonds. The Morgan fingerprint density at radius 3 is 1.66 bits per heavy atom. The topological polar surface area (TPSA) is 82.9 Å². The molecule has 0 aromatic carbocycles. The maximum Gasteiger partial charge on any atom is 0.0628 e. The van der Waals surface area contributed by atoms with Crippen LogP contribution in [-0.2, 0) is 0 Å². The van der Waals surface area contributed by atoms with Gasteiger partial charge in [-0.3, -0.25) is 4.99 Å². The minimum atomic E-state index is -0.0429. The number of likely N-dealkylation sites (N-methyl/N-ethyl adjacent to an activating group) is 1. The van der Waals surface area contributed by atoms with E-state index in [0.717, 1.165) is 53.8 Å². The molecule has 47 heavy (non-hydrogen) atoms. The highest BCUT2D eigenvalue weighted by Crippen LogP contribution is 2.16. The van der Waals surface area contributed by atoms with E-state index in [0.29, 0.717) is 12.3 Å². The van der Waals surface area contributed by atoms with Crippen LogP contribution >= 0.6 is 0 Å². The van der Waals surface area contributed by atoms with Gasteiger partial charge in [0.15, 0.2) is 0 Å². The van der Waals surface area contributed by atoms with E-state index in [9.17, 15) is 0 Å². The van der Waals surface area contributed by atoms with Gasteiger partial charge < -0.3 is 26.6 Å². The van der Waals surface area contributed by atoms with Gasteiger partial charge in [0, 0.05) is 74.8 Å². The fraction of sp³-hybridized carbons (Fsp3) is 0.683. The Kier molecular flexibility index (Phi) is 41.3. The molecular formula is C41H84N6. The van der Waals surface area contributed by atoms with Gasteiger partial charge in [-0.05, 0) is 63.2 Å². The molecule has 0 fully saturated rings. The van der Waals surface area contributed by atoms with Crippen molar-refractivity contribution < 1.29 is 0 Å². The van der Waals surface area contributed by atoms with Crippen LogP contribution in [0.15, 0.2) is 77.1 Å². The van der Waals surface area contributed by atoms with E-state index >= 15 is 0 Å². The molecule has 6 heteroatoms. The maximum absolute atomic E-state index is 5.95. The van der Waals surface area contributed by atoms with E-state index in [1.165, 1.54) is 37.0 Å². The van der Waals surface area contributed by atoms with Crippen molar-refractivity contribution in [3.8, 4) is 0 Å². The van der Waals surface area contributed by atoms with Gasteiger partial charge in [-0.25, -0.2) is 0 Å². The van der Waals surface area contributed by atoms with Crippen molar-refractivity contribution in [1.82, 2.24) is 15.1 Å². The molecule has 0 aromatic heterocycles. The van der Waals surface area contributed by atoms with Crippen molar-refractivity contribution in [1.29, 1.82) is 0 Å². The van der Waals surface area contributed by atoms with Crippen molar-refractivity contribution in [2.45, 2.75) is 148 Å². The summed E-state index contributed by atoms with van der Waals surface area (Å²) in [6.45, 7) is 42.3. The fourth-order valence-electron chi connectivity index (χ4n) is 3.51. The molecule has 1 unspecified atom stereocenters. The molecule has 0 aliphatic heterocycles. The molecule has 0 rings (SSSR count). The highest BCUT2D eigenvalue weighted by atomic mass is 15.1. The summed E-state index contributed by atoms with van der Waals surface area (Å²) in [5, 5.41) is 3.34. The van der Waals surface area contributed by atoms with Crippen LogP contribution in [0.2, 0.25) is 0 Å². The minimum Gasteiger partial charge on any atom is -0.401 e. The van der Waals surface area contributed by atoms with Crippen LogP contribution < -0.4 is 16.8 Å². The zero-order valence-corrected chi connectivity index (χ0v) is 34.7. The number of rotatable bonds is 17. The molecule has 0 spiro atoms. The van der Waals surface area contributed by atoms with Gasteiger partial charge in [-0.15, -0.1) is 0 Å². The van der Waals surface area contributed by atoms with Crippen LogP contribution in [0.3, 0.4) is 0 Å². The van der Waals surface area contributed by atoms with Crippen LogP contribution in [0.4, 0.5) is 0 Å². The first-order chi connectivity index (χ1) is 21.9. The molecule has 5 N–H and O–H groups in total. The summed E-state index contributed by atoms with van der Waals surface area (Å²) in [5.41, 5.74) is 19.1. The minimum absolute atomic E-state index is 0.0429. The summed E-state index contributed by atoms with van der Waals surface area (Å²) in [4.78, 5) is 8.47. The molecular weight excluding hydrogens is 576 g/mol. The number of allylic oxidation sites excluding steroid dienone is 6. The summed E-state index contributed by atoms with van der Waals surface area (Å²) >= 11 is 0. The van der Waals surface area contributed by atoms with E-state index in [1.807, 2.05) is 72.0 Å². The second-order valence-electron chi connectivity index (χ2n) is 12.5. The number of hydrogen-bond donors (Lipinski definition) is 3. The number of unbranched alkanes of at least 4 members (excludes halogenated alkanes) is 1. The third-order valence-corrected chi connectivity index (χ3v) is 6.83. The van der Waals surface area contributed by atoms with Gasteiger partial charge in [0.1, 0.15) is 0 Å². The summed E-state index contributed by atoms with van der Waals surface area (Å²) in [5.74, 6) is 1.45. The number of nitrogens with two attached hydrogens (primary N) is 2. The third kappa shape index (κ3) is 34.4. The van der Waals surface area contributed by atoms with E-state index < -0.39 is 0 Å². The van der Waals surface area contributed by atoms with E-state index in [2.05, 4.69) is 97.3 Å². The number of aliphatic imine (C=N–C) groups is 1. The van der Waals surface area contributed by atoms with E-state index in [1.54, 1.807) is 7.05 Å². The SMILES string of the molecule is C=C(NCC(C)C)C(C/C(=C/C(C)N)N(C)/C=C(/N)CC)=NC.C=C/C(=C(/C)CC)N(C)C(=C)C.CC.CCCC.CCCC(C)C. The van der Waals surface area contributed by atoms with Gasteiger partial charge >= 0.3 is 0 Å². The molecule has 0 aromatic rings. The van der Waals surface area contributed by atoms with Gasteiger partial charge in [0.25, 0.3) is 0 Å². The van der Waals surface area contributed by atoms with Gasteiger partial charge in [-0.1, -0.05) is 122 Å². The van der Waals surface area contributed by atoms with Gasteiger partial charge in [0.2, 0.25) is 0 Å². The zero-order chi connectivity index (χ0) is 38.1. The quantitative estimate of drug-likeness (QED) is 0.107. The van der Waals surface area contributed by atoms with Crippen molar-refractivity contribution in [3.05, 3.63) is 72.1 Å². The van der Waals surface area contributed by atoms with Crippen LogP contribution in [0.5, 0.6) is 0 Å². The Labute approximate surface area is 296 Å². The van der Waals surface area contributed by atoms with Gasteiger partial charge in [0.05, 0.1) is 5.71 Å². The summed E-state index contributed by atoms with van der Waals surface area (Å²) in [6, 6.07) is -0.0429. The Hall–Kier alpha value is -2.73. The van der Waals surface area contributed by atoms with Crippen LogP contribution in [-0.4, -0.2) is 49.2 Å². The Morgan fingerprint density at radius 2 is 1.38 bits per heavy atom. The highest BCUT2D eigenvalue weighted by Gasteiger charge is 2.12. The Bertz CT molecular complexity index is 901. The first kappa shape index (κ1) is 53.7. The molecule has 1 atom stereocenters. The third-order valence-electron chi connectivity index (χ3n) is 6.83. The lowest BCUT2D eigenvalue weighted by molar-refractivity contribution is 0.531. The number of hydrogen-bond acceptors (Lipinski definition) is 6. The predicted molar refractivity (Wildman–Crippen MR) is 219 cm³/mol. The first-order valence-corrected chi connectivity index (χ1v) is 18.2. The summed E-state index contributed by atoms with van der Waals surface area (Å²) in [7, 11) is 5.78. The first-order valence-electron chi connectivity index (χ1n) is 18.2. The van der Waals surface area contributed by atoms with Crippen molar-refractivity contribution in [3.63, 3.8) is 0 Å². The molecule has 0 aliphatic rings. The highest BCUT2D eigenvalue weighted by molar-refractivity contribution is 6.00. The van der Waals surface area contributed by atoms with E-state index in [4.69, 9.17) is 11.5 Å². The lowest BCUT2D eigenvalue weighted by atomic mass is 10.1. The van der Waals surface area contributed by atoms with Crippen molar-refractivity contribution in [2.24, 2.45) is 28.3 Å². The second-order valence-corrected chi connectivity index (χ2v) is 12.5. The smallest absolute Gasteiger partial charge is 0.0628 e. The molecule has 0 saturated heterocycles. The fourth-order valence-corrected chi connectivity index (χ4v) is 3.51. The average Bonchev–Trinajstić information content (AvgIpc) is 3.03. The summed E-state index contributed by atoms with van der Waals surface area (Å²) in [6.07, 6.45) is 13.7. The van der Waals surface area contributed by atoms with Crippen molar-refractivity contribution >= 4 is 5.71 Å². The van der Waals surface area contributed by atoms with E-state index in [-0.39, 0.29) is 6.04 Å². The second kappa shape index (κ2) is 36.1. The van der Waals surface area contributed by atoms with Crippen LogP contribution in [0.1, 0.15) is 142 Å². The molecule has 6 nitrogen and oxygen atoms in total. The maximum atomic E-state index is 5.95. The molecule has 0 bridgehead atoms. The van der Waals surface area contributed by atoms with Crippen molar-refractivity contribution in [2.75, 3.05) is 27.7 Å². The van der Waals surface area contributed by atoms with Gasteiger partial charge in [-0.2, -0.15) is 0 Å². The normalized spacial score (nSPS) is 12.4. The number of nitrogens with zero attached hydrogens (tertiary/aromatic N) is 3. The number of nitrogens with one attached hydrogen (secondary N) is 1. The van der Waals surface area contributed by atoms with Crippen LogP contribution in [0.25, 0.3) is 0 Å². The average molecular weight is 661 g/mol.